The van der Waals surface area contributed by atoms with Gasteiger partial charge in [-0.25, -0.2) is 0 Å². The van der Waals surface area contributed by atoms with Crippen LogP contribution in [0.5, 0.6) is 11.5 Å². The number of aliphatic hydroxyl groups is 1. The lowest BCUT2D eigenvalue weighted by Gasteiger charge is -2.27. The van der Waals surface area contributed by atoms with E-state index < -0.39 is 17.7 Å². The molecule has 1 atom stereocenters. The molecule has 1 unspecified atom stereocenters. The molecule has 1 fully saturated rings. The predicted molar refractivity (Wildman–Crippen MR) is 132 cm³/mol. The number of amides is 1. The number of ether oxygens (including phenoxy) is 1. The van der Waals surface area contributed by atoms with E-state index in [9.17, 15) is 19.8 Å². The summed E-state index contributed by atoms with van der Waals surface area (Å²) in [5.41, 5.74) is 2.48. The molecule has 0 aromatic heterocycles. The fraction of sp³-hybridized carbons (Fsp3) is 0.407. The zero-order valence-electron chi connectivity index (χ0n) is 20.6. The van der Waals surface area contributed by atoms with Crippen LogP contribution < -0.4 is 4.74 Å². The van der Waals surface area contributed by atoms with Gasteiger partial charge in [-0.05, 0) is 80.9 Å². The van der Waals surface area contributed by atoms with E-state index in [1.807, 2.05) is 19.9 Å². The number of Topliss-reactive ketones (excluding diaryl/α,β-unsaturated/α-hetero) is 1. The van der Waals surface area contributed by atoms with Gasteiger partial charge in [0.2, 0.25) is 0 Å². The first-order chi connectivity index (χ1) is 16.2. The van der Waals surface area contributed by atoms with Crippen molar-refractivity contribution in [2.45, 2.75) is 40.2 Å². The van der Waals surface area contributed by atoms with Gasteiger partial charge in [0, 0.05) is 6.54 Å². The maximum Gasteiger partial charge on any atom is 0.295 e. The number of benzene rings is 2. The average molecular weight is 467 g/mol. The Hall–Kier alpha value is -3.32. The van der Waals surface area contributed by atoms with Gasteiger partial charge >= 0.3 is 0 Å². The number of likely N-dealkylation sites (tertiary alicyclic amines) is 1. The number of aromatic hydroxyl groups is 1. The number of aryl methyl sites for hydroxylation is 2. The van der Waals surface area contributed by atoms with E-state index in [4.69, 9.17) is 4.74 Å². The molecular weight excluding hydrogens is 432 g/mol. The SMILES string of the molecule is CCN(CC)CCCN1C(=O)C(=O)C(=C(O)c2cc(C)c(C)cc2O)C1c1cccc(OC)c1. The van der Waals surface area contributed by atoms with Crippen molar-refractivity contribution in [1.82, 2.24) is 9.80 Å². The minimum absolute atomic E-state index is 0.0281. The Morgan fingerprint density at radius 2 is 1.76 bits per heavy atom. The van der Waals surface area contributed by atoms with Crippen LogP contribution in [0.25, 0.3) is 5.76 Å². The van der Waals surface area contributed by atoms with Crippen molar-refractivity contribution in [3.05, 3.63) is 64.2 Å². The van der Waals surface area contributed by atoms with E-state index in [2.05, 4.69) is 18.7 Å². The van der Waals surface area contributed by atoms with Gasteiger partial charge in [-0.3, -0.25) is 9.59 Å². The number of aliphatic hydroxyl groups excluding tert-OH is 1. The molecule has 2 aromatic rings. The number of hydrogen-bond acceptors (Lipinski definition) is 6. The van der Waals surface area contributed by atoms with Gasteiger partial charge in [-0.15, -0.1) is 0 Å². The zero-order chi connectivity index (χ0) is 25.0. The largest absolute Gasteiger partial charge is 0.507 e. The van der Waals surface area contributed by atoms with Gasteiger partial charge in [0.05, 0.1) is 24.3 Å². The average Bonchev–Trinajstić information content (AvgIpc) is 3.08. The summed E-state index contributed by atoms with van der Waals surface area (Å²) in [6.45, 7) is 10.8. The van der Waals surface area contributed by atoms with E-state index in [-0.39, 0.29) is 22.6 Å². The molecule has 0 radical (unpaired) electrons. The van der Waals surface area contributed by atoms with Crippen molar-refractivity contribution in [1.29, 1.82) is 0 Å². The first-order valence-corrected chi connectivity index (χ1v) is 11.7. The molecule has 0 spiro atoms. The minimum atomic E-state index is -0.784. The molecule has 0 aliphatic carbocycles. The number of phenolic OH excluding ortho intramolecular Hbond substituents is 1. The second-order valence-corrected chi connectivity index (χ2v) is 8.60. The van der Waals surface area contributed by atoms with Crippen LogP contribution in [-0.4, -0.2) is 65.0 Å². The zero-order valence-corrected chi connectivity index (χ0v) is 20.6. The highest BCUT2D eigenvalue weighted by molar-refractivity contribution is 6.46. The third-order valence-electron chi connectivity index (χ3n) is 6.58. The monoisotopic (exact) mass is 466 g/mol. The fourth-order valence-corrected chi connectivity index (χ4v) is 4.41. The lowest BCUT2D eigenvalue weighted by molar-refractivity contribution is -0.140. The van der Waals surface area contributed by atoms with Crippen LogP contribution in [0.1, 0.15) is 48.6 Å². The normalized spacial score (nSPS) is 17.6. The summed E-state index contributed by atoms with van der Waals surface area (Å²) in [4.78, 5) is 30.1. The van der Waals surface area contributed by atoms with Gasteiger partial charge in [0.25, 0.3) is 11.7 Å². The number of phenols is 1. The predicted octanol–water partition coefficient (Wildman–Crippen LogP) is 4.17. The Balaban J connectivity index is 2.11. The van der Waals surface area contributed by atoms with Crippen LogP contribution in [0, 0.1) is 13.8 Å². The number of rotatable bonds is 9. The van der Waals surface area contributed by atoms with Crippen molar-refractivity contribution < 1.29 is 24.5 Å². The van der Waals surface area contributed by atoms with Crippen molar-refractivity contribution in [2.75, 3.05) is 33.3 Å². The van der Waals surface area contributed by atoms with Gasteiger partial charge in [0.15, 0.2) is 0 Å². The number of hydrogen-bond donors (Lipinski definition) is 2. The lowest BCUT2D eigenvalue weighted by atomic mass is 9.93. The molecule has 7 heteroatoms. The van der Waals surface area contributed by atoms with Crippen LogP contribution in [-0.2, 0) is 9.59 Å². The van der Waals surface area contributed by atoms with Gasteiger partial charge in [0.1, 0.15) is 17.3 Å². The molecule has 182 valence electrons. The Morgan fingerprint density at radius 3 is 2.41 bits per heavy atom. The Labute approximate surface area is 201 Å². The van der Waals surface area contributed by atoms with E-state index in [0.29, 0.717) is 24.3 Å². The number of ketones is 1. The van der Waals surface area contributed by atoms with Crippen molar-refractivity contribution in [3.8, 4) is 11.5 Å². The summed E-state index contributed by atoms with van der Waals surface area (Å²) in [6, 6.07) is 9.54. The molecule has 2 N–H and O–H groups in total. The molecule has 1 aliphatic heterocycles. The van der Waals surface area contributed by atoms with E-state index in [0.717, 1.165) is 30.8 Å². The maximum absolute atomic E-state index is 13.2. The van der Waals surface area contributed by atoms with Crippen molar-refractivity contribution in [3.63, 3.8) is 0 Å². The van der Waals surface area contributed by atoms with E-state index in [1.54, 1.807) is 37.4 Å². The topological polar surface area (TPSA) is 90.3 Å². The molecule has 7 nitrogen and oxygen atoms in total. The number of nitrogens with zero attached hydrogens (tertiary/aromatic N) is 2. The molecule has 34 heavy (non-hydrogen) atoms. The van der Waals surface area contributed by atoms with Gasteiger partial charge in [-0.1, -0.05) is 26.0 Å². The van der Waals surface area contributed by atoms with Crippen LogP contribution in [0.15, 0.2) is 42.0 Å². The van der Waals surface area contributed by atoms with Crippen LogP contribution in [0.4, 0.5) is 0 Å². The summed E-state index contributed by atoms with van der Waals surface area (Å²) in [5.74, 6) is -1.35. The van der Waals surface area contributed by atoms with Crippen molar-refractivity contribution >= 4 is 17.4 Å². The third-order valence-corrected chi connectivity index (χ3v) is 6.58. The molecule has 1 aliphatic rings. The fourth-order valence-electron chi connectivity index (χ4n) is 4.41. The van der Waals surface area contributed by atoms with E-state index >= 15 is 0 Å². The lowest BCUT2D eigenvalue weighted by Crippen LogP contribution is -2.33. The molecule has 1 amide bonds. The van der Waals surface area contributed by atoms with Crippen molar-refractivity contribution in [2.24, 2.45) is 0 Å². The molecular formula is C27H34N2O5. The Kier molecular flexibility index (Phi) is 7.99. The molecule has 3 rings (SSSR count). The standard InChI is InChI=1S/C27H34N2O5/c1-6-28(7-2)12-9-13-29-24(19-10-8-11-20(16-19)34-5)23(26(32)27(29)33)25(31)21-14-17(3)18(4)15-22(21)30/h8,10-11,14-16,24,30-31H,6-7,9,12-13H2,1-5H3. The maximum atomic E-state index is 13.2. The number of methoxy groups -OCH3 is 1. The second kappa shape index (κ2) is 10.7. The molecule has 1 heterocycles. The first-order valence-electron chi connectivity index (χ1n) is 11.7. The highest BCUT2D eigenvalue weighted by Crippen LogP contribution is 2.42. The smallest absolute Gasteiger partial charge is 0.295 e. The first kappa shape index (κ1) is 25.3. The van der Waals surface area contributed by atoms with Crippen LogP contribution in [0.2, 0.25) is 0 Å². The summed E-state index contributed by atoms with van der Waals surface area (Å²) >= 11 is 0. The number of carbonyl (C=O) groups is 2. The minimum Gasteiger partial charge on any atom is -0.507 e. The second-order valence-electron chi connectivity index (χ2n) is 8.60. The molecule has 2 aromatic carbocycles. The summed E-state index contributed by atoms with van der Waals surface area (Å²) in [6.07, 6.45) is 0.685. The number of carbonyl (C=O) groups excluding carboxylic acids is 2. The Bertz CT molecular complexity index is 1100. The van der Waals surface area contributed by atoms with Crippen LogP contribution >= 0.6 is 0 Å². The third kappa shape index (κ3) is 4.94. The highest BCUT2D eigenvalue weighted by atomic mass is 16.5. The highest BCUT2D eigenvalue weighted by Gasteiger charge is 2.46. The summed E-state index contributed by atoms with van der Waals surface area (Å²) in [5, 5.41) is 21.8. The molecule has 0 bridgehead atoms. The summed E-state index contributed by atoms with van der Waals surface area (Å²) in [7, 11) is 1.55. The summed E-state index contributed by atoms with van der Waals surface area (Å²) < 4.78 is 5.36. The van der Waals surface area contributed by atoms with E-state index in [1.165, 1.54) is 4.90 Å². The van der Waals surface area contributed by atoms with Crippen LogP contribution in [0.3, 0.4) is 0 Å². The van der Waals surface area contributed by atoms with Gasteiger partial charge < -0.3 is 24.7 Å². The quantitative estimate of drug-likeness (QED) is 0.328. The Morgan fingerprint density at radius 1 is 1.09 bits per heavy atom. The molecule has 0 saturated carbocycles. The molecule has 1 saturated heterocycles. The van der Waals surface area contributed by atoms with Gasteiger partial charge in [-0.2, -0.15) is 0 Å².